The Morgan fingerprint density at radius 2 is 1.57 bits per heavy atom. The standard InChI is InChI=1S/C16H28O5/c1-12-8-6-4-2-3-5-7-9-13(17)16(20)14(18)10-11-15(19)21-12/h10-14,16-18,20H,2-9H2,1H3/b11-10+/t12-,13+,14+,16+/m1/s1. The Bertz CT molecular complexity index is 329. The highest BCUT2D eigenvalue weighted by Crippen LogP contribution is 2.15. The maximum absolute atomic E-state index is 11.6. The van der Waals surface area contributed by atoms with Crippen molar-refractivity contribution in [3.8, 4) is 0 Å². The fourth-order valence-corrected chi connectivity index (χ4v) is 2.48. The van der Waals surface area contributed by atoms with Crippen LogP contribution in [-0.2, 0) is 9.53 Å². The minimum Gasteiger partial charge on any atom is -0.460 e. The van der Waals surface area contributed by atoms with Crippen LogP contribution in [0.1, 0.15) is 58.3 Å². The lowest BCUT2D eigenvalue weighted by molar-refractivity contribution is -0.142. The molecule has 3 N–H and O–H groups in total. The summed E-state index contributed by atoms with van der Waals surface area (Å²) in [4.78, 5) is 11.6. The Hall–Kier alpha value is -0.910. The van der Waals surface area contributed by atoms with E-state index in [0.717, 1.165) is 51.0 Å². The van der Waals surface area contributed by atoms with Crippen molar-refractivity contribution in [2.24, 2.45) is 0 Å². The van der Waals surface area contributed by atoms with Crippen molar-refractivity contribution < 1.29 is 24.9 Å². The van der Waals surface area contributed by atoms with Gasteiger partial charge < -0.3 is 20.1 Å². The normalized spacial score (nSPS) is 35.9. The smallest absolute Gasteiger partial charge is 0.330 e. The highest BCUT2D eigenvalue weighted by atomic mass is 16.5. The van der Waals surface area contributed by atoms with Gasteiger partial charge in [0.1, 0.15) is 12.2 Å². The molecular formula is C16H28O5. The highest BCUT2D eigenvalue weighted by Gasteiger charge is 2.22. The lowest BCUT2D eigenvalue weighted by Gasteiger charge is -2.21. The molecule has 1 aliphatic heterocycles. The predicted octanol–water partition coefficient (Wildman–Crippen LogP) is 1.69. The van der Waals surface area contributed by atoms with E-state index in [1.165, 1.54) is 6.08 Å². The first kappa shape index (κ1) is 18.1. The van der Waals surface area contributed by atoms with Crippen LogP contribution in [0.4, 0.5) is 0 Å². The molecule has 0 bridgehead atoms. The summed E-state index contributed by atoms with van der Waals surface area (Å²) in [5.74, 6) is -0.532. The molecule has 0 saturated heterocycles. The highest BCUT2D eigenvalue weighted by molar-refractivity contribution is 5.82. The van der Waals surface area contributed by atoms with Crippen LogP contribution >= 0.6 is 0 Å². The Labute approximate surface area is 126 Å². The quantitative estimate of drug-likeness (QED) is 0.593. The van der Waals surface area contributed by atoms with Crippen molar-refractivity contribution in [1.82, 2.24) is 0 Å². The first-order valence-electron chi connectivity index (χ1n) is 7.93. The number of esters is 1. The van der Waals surface area contributed by atoms with Gasteiger partial charge in [-0.15, -0.1) is 0 Å². The second-order valence-corrected chi connectivity index (χ2v) is 5.85. The van der Waals surface area contributed by atoms with Gasteiger partial charge in [-0.25, -0.2) is 4.79 Å². The van der Waals surface area contributed by atoms with Crippen LogP contribution in [0.25, 0.3) is 0 Å². The minimum atomic E-state index is -1.28. The summed E-state index contributed by atoms with van der Waals surface area (Å²) in [6, 6.07) is 0. The third kappa shape index (κ3) is 7.60. The van der Waals surface area contributed by atoms with Crippen LogP contribution in [0.15, 0.2) is 12.2 Å². The molecule has 0 aromatic heterocycles. The lowest BCUT2D eigenvalue weighted by atomic mass is 10.00. The summed E-state index contributed by atoms with van der Waals surface area (Å²) in [5, 5.41) is 29.3. The Balaban J connectivity index is 2.59. The van der Waals surface area contributed by atoms with Crippen LogP contribution in [0.5, 0.6) is 0 Å². The van der Waals surface area contributed by atoms with Crippen LogP contribution in [0.3, 0.4) is 0 Å². The summed E-state index contributed by atoms with van der Waals surface area (Å²) in [7, 11) is 0. The lowest BCUT2D eigenvalue weighted by Crippen LogP contribution is -2.36. The van der Waals surface area contributed by atoms with Crippen molar-refractivity contribution in [3.05, 3.63) is 12.2 Å². The molecule has 0 aromatic rings. The topological polar surface area (TPSA) is 87.0 Å². The molecule has 0 amide bonds. The van der Waals surface area contributed by atoms with Crippen molar-refractivity contribution >= 4 is 5.97 Å². The summed E-state index contributed by atoms with van der Waals surface area (Å²) < 4.78 is 5.18. The number of cyclic esters (lactones) is 1. The molecule has 1 rings (SSSR count). The van der Waals surface area contributed by atoms with Crippen LogP contribution in [0.2, 0.25) is 0 Å². The van der Waals surface area contributed by atoms with Crippen molar-refractivity contribution in [2.45, 2.75) is 82.7 Å². The molecule has 0 fully saturated rings. The molecule has 0 saturated carbocycles. The zero-order valence-electron chi connectivity index (χ0n) is 12.8. The van der Waals surface area contributed by atoms with E-state index >= 15 is 0 Å². The first-order chi connectivity index (χ1) is 10.0. The van der Waals surface area contributed by atoms with Gasteiger partial charge in [-0.2, -0.15) is 0 Å². The number of carbonyl (C=O) groups is 1. The van der Waals surface area contributed by atoms with Gasteiger partial charge in [0, 0.05) is 6.08 Å². The van der Waals surface area contributed by atoms with E-state index in [1.807, 2.05) is 6.92 Å². The largest absolute Gasteiger partial charge is 0.460 e. The van der Waals surface area contributed by atoms with Gasteiger partial charge in [0.25, 0.3) is 0 Å². The van der Waals surface area contributed by atoms with E-state index < -0.39 is 24.3 Å². The summed E-state index contributed by atoms with van der Waals surface area (Å²) in [6.45, 7) is 1.85. The van der Waals surface area contributed by atoms with Crippen molar-refractivity contribution in [1.29, 1.82) is 0 Å². The van der Waals surface area contributed by atoms with E-state index in [9.17, 15) is 20.1 Å². The van der Waals surface area contributed by atoms with Gasteiger partial charge in [0.2, 0.25) is 0 Å². The van der Waals surface area contributed by atoms with Crippen LogP contribution < -0.4 is 0 Å². The molecule has 21 heavy (non-hydrogen) atoms. The Kier molecular flexibility index (Phi) is 8.57. The number of aliphatic hydroxyl groups is 3. The van der Waals surface area contributed by atoms with Crippen molar-refractivity contribution in [3.63, 3.8) is 0 Å². The molecule has 122 valence electrons. The number of hydrogen-bond donors (Lipinski definition) is 3. The SMILES string of the molecule is C[C@@H]1CCCCCCCC[C@H](O)[C@H](O)[C@@H](O)/C=C/C(=O)O1. The molecular weight excluding hydrogens is 272 g/mol. The maximum atomic E-state index is 11.6. The van der Waals surface area contributed by atoms with Gasteiger partial charge in [-0.1, -0.05) is 32.1 Å². The van der Waals surface area contributed by atoms with Crippen LogP contribution in [0, 0.1) is 0 Å². The monoisotopic (exact) mass is 300 g/mol. The second kappa shape index (κ2) is 9.92. The molecule has 1 heterocycles. The molecule has 0 aliphatic carbocycles. The summed E-state index contributed by atoms with van der Waals surface area (Å²) in [6.07, 6.45) is 6.11. The predicted molar refractivity (Wildman–Crippen MR) is 79.7 cm³/mol. The fraction of sp³-hybridized carbons (Fsp3) is 0.812. The van der Waals surface area contributed by atoms with Gasteiger partial charge in [-0.3, -0.25) is 0 Å². The number of rotatable bonds is 0. The van der Waals surface area contributed by atoms with Gasteiger partial charge >= 0.3 is 5.97 Å². The molecule has 4 atom stereocenters. The van der Waals surface area contributed by atoms with E-state index in [4.69, 9.17) is 4.74 Å². The molecule has 5 nitrogen and oxygen atoms in total. The molecule has 0 unspecified atom stereocenters. The first-order valence-corrected chi connectivity index (χ1v) is 7.93. The zero-order valence-corrected chi connectivity index (χ0v) is 12.8. The second-order valence-electron chi connectivity index (χ2n) is 5.85. The molecule has 0 spiro atoms. The minimum absolute atomic E-state index is 0.150. The van der Waals surface area contributed by atoms with Gasteiger partial charge in [0.05, 0.1) is 12.2 Å². The molecule has 1 aliphatic rings. The Morgan fingerprint density at radius 1 is 1.00 bits per heavy atom. The summed E-state index contributed by atoms with van der Waals surface area (Å²) in [5.41, 5.74) is 0. The number of carbonyl (C=O) groups excluding carboxylic acids is 1. The number of ether oxygens (including phenoxy) is 1. The third-order valence-corrected chi connectivity index (χ3v) is 3.85. The van der Waals surface area contributed by atoms with Gasteiger partial charge in [-0.05, 0) is 32.3 Å². The average molecular weight is 300 g/mol. The van der Waals surface area contributed by atoms with E-state index in [0.29, 0.717) is 6.42 Å². The molecule has 0 radical (unpaired) electrons. The van der Waals surface area contributed by atoms with E-state index in [1.54, 1.807) is 0 Å². The average Bonchev–Trinajstić information content (AvgIpc) is 2.45. The Morgan fingerprint density at radius 3 is 2.24 bits per heavy atom. The van der Waals surface area contributed by atoms with Crippen molar-refractivity contribution in [2.75, 3.05) is 0 Å². The molecule has 5 heteroatoms. The molecule has 0 aromatic carbocycles. The maximum Gasteiger partial charge on any atom is 0.330 e. The number of hydrogen-bond acceptors (Lipinski definition) is 5. The van der Waals surface area contributed by atoms with Crippen LogP contribution in [-0.4, -0.2) is 45.7 Å². The zero-order chi connectivity index (χ0) is 15.7. The van der Waals surface area contributed by atoms with E-state index in [-0.39, 0.29) is 6.10 Å². The fourth-order valence-electron chi connectivity index (χ4n) is 2.48. The van der Waals surface area contributed by atoms with E-state index in [2.05, 4.69) is 0 Å². The summed E-state index contributed by atoms with van der Waals surface area (Å²) >= 11 is 0. The number of aliphatic hydroxyl groups excluding tert-OH is 3. The van der Waals surface area contributed by atoms with Gasteiger partial charge in [0.15, 0.2) is 0 Å². The third-order valence-electron chi connectivity index (χ3n) is 3.85.